The molecule has 1 aromatic carbocycles. The van der Waals surface area contributed by atoms with Gasteiger partial charge in [0.15, 0.2) is 11.6 Å². The standard InChI is InChI=1S/C20H25F2N3O2/c1-27-8-6-23-20(26)10-16-12-24(14-17-3-2-7-25(17)13-16)11-15-4-5-18(21)19(22)9-15/h2-5,7,9,16H,6,8,10-14H2,1H3,(H,23,26)/t16-/m1/s1. The Hall–Kier alpha value is -2.25. The van der Waals surface area contributed by atoms with Gasteiger partial charge in [-0.2, -0.15) is 0 Å². The molecule has 0 saturated carbocycles. The Balaban J connectivity index is 1.68. The third kappa shape index (κ3) is 5.37. The number of benzene rings is 1. The van der Waals surface area contributed by atoms with Gasteiger partial charge >= 0.3 is 0 Å². The average molecular weight is 377 g/mol. The molecule has 3 rings (SSSR count). The summed E-state index contributed by atoms with van der Waals surface area (Å²) in [6, 6.07) is 8.05. The summed E-state index contributed by atoms with van der Waals surface area (Å²) < 4.78 is 33.8. The normalized spacial score (nSPS) is 17.4. The Morgan fingerprint density at radius 2 is 2.11 bits per heavy atom. The molecule has 5 nitrogen and oxygen atoms in total. The van der Waals surface area contributed by atoms with Gasteiger partial charge in [-0.15, -0.1) is 0 Å². The van der Waals surface area contributed by atoms with Crippen molar-refractivity contribution in [1.82, 2.24) is 14.8 Å². The molecule has 1 aromatic heterocycles. The number of carbonyl (C=O) groups excluding carboxylic acids is 1. The molecule has 146 valence electrons. The van der Waals surface area contributed by atoms with Crippen LogP contribution < -0.4 is 5.32 Å². The van der Waals surface area contributed by atoms with Crippen molar-refractivity contribution >= 4 is 5.91 Å². The molecular formula is C20H25F2N3O2. The van der Waals surface area contributed by atoms with Gasteiger partial charge in [-0.25, -0.2) is 8.78 Å². The average Bonchev–Trinajstić information content (AvgIpc) is 2.98. The molecule has 1 amide bonds. The highest BCUT2D eigenvalue weighted by Crippen LogP contribution is 2.22. The maximum absolute atomic E-state index is 13.5. The molecule has 7 heteroatoms. The smallest absolute Gasteiger partial charge is 0.220 e. The molecule has 0 spiro atoms. The number of methoxy groups -OCH3 is 1. The van der Waals surface area contributed by atoms with Crippen molar-refractivity contribution < 1.29 is 18.3 Å². The molecule has 1 aliphatic rings. The fourth-order valence-electron chi connectivity index (χ4n) is 3.54. The van der Waals surface area contributed by atoms with Crippen molar-refractivity contribution in [3.63, 3.8) is 0 Å². The van der Waals surface area contributed by atoms with E-state index in [1.807, 2.05) is 12.3 Å². The van der Waals surface area contributed by atoms with Crippen LogP contribution in [-0.2, 0) is 29.2 Å². The van der Waals surface area contributed by atoms with Crippen molar-refractivity contribution in [3.05, 3.63) is 59.4 Å². The first kappa shape index (κ1) is 19.5. The van der Waals surface area contributed by atoms with E-state index >= 15 is 0 Å². The zero-order chi connectivity index (χ0) is 19.2. The summed E-state index contributed by atoms with van der Waals surface area (Å²) in [6.07, 6.45) is 2.43. The number of aromatic nitrogens is 1. The lowest BCUT2D eigenvalue weighted by atomic mass is 10.0. The second kappa shape index (κ2) is 9.10. The second-order valence-corrected chi connectivity index (χ2v) is 6.98. The van der Waals surface area contributed by atoms with Gasteiger partial charge < -0.3 is 14.6 Å². The molecule has 27 heavy (non-hydrogen) atoms. The number of ether oxygens (including phenoxy) is 1. The molecule has 2 heterocycles. The van der Waals surface area contributed by atoms with Crippen molar-refractivity contribution in [2.75, 3.05) is 26.8 Å². The topological polar surface area (TPSA) is 46.5 Å². The molecule has 0 saturated heterocycles. The summed E-state index contributed by atoms with van der Waals surface area (Å²) in [5.41, 5.74) is 1.87. The van der Waals surface area contributed by atoms with E-state index in [2.05, 4.69) is 20.9 Å². The van der Waals surface area contributed by atoms with Gasteiger partial charge in [0.1, 0.15) is 0 Å². The van der Waals surface area contributed by atoms with Crippen LogP contribution in [0.15, 0.2) is 36.5 Å². The fourth-order valence-corrected chi connectivity index (χ4v) is 3.54. The Labute approximate surface area is 157 Å². The Morgan fingerprint density at radius 3 is 2.89 bits per heavy atom. The van der Waals surface area contributed by atoms with Crippen LogP contribution in [0, 0.1) is 17.6 Å². The molecule has 0 bridgehead atoms. The van der Waals surface area contributed by atoms with Crippen molar-refractivity contribution in [2.45, 2.75) is 26.1 Å². The van der Waals surface area contributed by atoms with Crippen LogP contribution >= 0.6 is 0 Å². The number of nitrogens with zero attached hydrogens (tertiary/aromatic N) is 2. The lowest BCUT2D eigenvalue weighted by Crippen LogP contribution is -2.33. The number of fused-ring (bicyclic) bond motifs is 1. The minimum absolute atomic E-state index is 0.000401. The quantitative estimate of drug-likeness (QED) is 0.755. The highest BCUT2D eigenvalue weighted by molar-refractivity contribution is 5.76. The Bertz CT molecular complexity index is 778. The van der Waals surface area contributed by atoms with Crippen LogP contribution in [0.5, 0.6) is 0 Å². The number of amides is 1. The predicted molar refractivity (Wildman–Crippen MR) is 97.9 cm³/mol. The molecule has 0 fully saturated rings. The first-order chi connectivity index (χ1) is 13.0. The van der Waals surface area contributed by atoms with Crippen LogP contribution in [0.3, 0.4) is 0 Å². The lowest BCUT2D eigenvalue weighted by Gasteiger charge is -2.24. The van der Waals surface area contributed by atoms with E-state index in [4.69, 9.17) is 4.74 Å². The first-order valence-corrected chi connectivity index (χ1v) is 9.11. The summed E-state index contributed by atoms with van der Waals surface area (Å²) in [6.45, 7) is 3.65. The Kier molecular flexibility index (Phi) is 6.58. The predicted octanol–water partition coefficient (Wildman–Crippen LogP) is 2.55. The number of hydrogen-bond acceptors (Lipinski definition) is 3. The van der Waals surface area contributed by atoms with Crippen LogP contribution in [0.1, 0.15) is 17.7 Å². The van der Waals surface area contributed by atoms with Crippen molar-refractivity contribution in [3.8, 4) is 0 Å². The molecule has 2 aromatic rings. The maximum atomic E-state index is 13.5. The van der Waals surface area contributed by atoms with Crippen molar-refractivity contribution in [2.24, 2.45) is 5.92 Å². The van der Waals surface area contributed by atoms with Crippen LogP contribution in [-0.4, -0.2) is 42.2 Å². The summed E-state index contributed by atoms with van der Waals surface area (Å²) in [5, 5.41) is 2.86. The summed E-state index contributed by atoms with van der Waals surface area (Å²) >= 11 is 0. The Morgan fingerprint density at radius 1 is 1.26 bits per heavy atom. The SMILES string of the molecule is COCCNC(=O)C[C@@H]1CN(Cc2ccc(F)c(F)c2)Cc2cccn2C1. The van der Waals surface area contributed by atoms with Gasteiger partial charge in [-0.05, 0) is 35.7 Å². The summed E-state index contributed by atoms with van der Waals surface area (Å²) in [5.74, 6) is -1.54. The zero-order valence-corrected chi connectivity index (χ0v) is 15.5. The number of rotatable bonds is 7. The van der Waals surface area contributed by atoms with E-state index in [9.17, 15) is 13.6 Å². The van der Waals surface area contributed by atoms with E-state index in [-0.39, 0.29) is 11.8 Å². The highest BCUT2D eigenvalue weighted by atomic mass is 19.2. The molecule has 1 aliphatic heterocycles. The number of halogens is 2. The lowest BCUT2D eigenvalue weighted by molar-refractivity contribution is -0.122. The van der Waals surface area contributed by atoms with Crippen LogP contribution in [0.2, 0.25) is 0 Å². The first-order valence-electron chi connectivity index (χ1n) is 9.11. The van der Waals surface area contributed by atoms with E-state index in [1.165, 1.54) is 6.07 Å². The third-order valence-corrected chi connectivity index (χ3v) is 4.77. The monoisotopic (exact) mass is 377 g/mol. The van der Waals surface area contributed by atoms with Crippen molar-refractivity contribution in [1.29, 1.82) is 0 Å². The largest absolute Gasteiger partial charge is 0.383 e. The van der Waals surface area contributed by atoms with E-state index in [1.54, 1.807) is 13.2 Å². The van der Waals surface area contributed by atoms with E-state index < -0.39 is 11.6 Å². The van der Waals surface area contributed by atoms with Gasteiger partial charge in [-0.1, -0.05) is 6.07 Å². The second-order valence-electron chi connectivity index (χ2n) is 6.98. The fraction of sp³-hybridized carbons (Fsp3) is 0.450. The molecular weight excluding hydrogens is 352 g/mol. The molecule has 1 N–H and O–H groups in total. The van der Waals surface area contributed by atoms with E-state index in [0.29, 0.717) is 39.2 Å². The summed E-state index contributed by atoms with van der Waals surface area (Å²) in [7, 11) is 1.60. The number of carbonyl (C=O) groups is 1. The van der Waals surface area contributed by atoms with Gasteiger partial charge in [-0.3, -0.25) is 9.69 Å². The minimum Gasteiger partial charge on any atom is -0.383 e. The zero-order valence-electron chi connectivity index (χ0n) is 15.5. The van der Waals surface area contributed by atoms with Gasteiger partial charge in [0.25, 0.3) is 0 Å². The van der Waals surface area contributed by atoms with Crippen LogP contribution in [0.4, 0.5) is 8.78 Å². The number of hydrogen-bond donors (Lipinski definition) is 1. The van der Waals surface area contributed by atoms with E-state index in [0.717, 1.165) is 23.9 Å². The summed E-state index contributed by atoms with van der Waals surface area (Å²) in [4.78, 5) is 14.4. The molecule has 1 atom stereocenters. The maximum Gasteiger partial charge on any atom is 0.220 e. The molecule has 0 radical (unpaired) electrons. The molecule has 0 unspecified atom stereocenters. The van der Waals surface area contributed by atoms with Gasteiger partial charge in [0.05, 0.1) is 6.61 Å². The highest BCUT2D eigenvalue weighted by Gasteiger charge is 2.23. The molecule has 0 aliphatic carbocycles. The van der Waals surface area contributed by atoms with Gasteiger partial charge in [0, 0.05) is 58.1 Å². The minimum atomic E-state index is -0.839. The van der Waals surface area contributed by atoms with Crippen LogP contribution in [0.25, 0.3) is 0 Å². The number of nitrogens with one attached hydrogen (secondary N) is 1. The van der Waals surface area contributed by atoms with Gasteiger partial charge in [0.2, 0.25) is 5.91 Å². The third-order valence-electron chi connectivity index (χ3n) is 4.77.